The third-order valence-electron chi connectivity index (χ3n) is 3.66. The first-order chi connectivity index (χ1) is 7.67. The maximum absolute atomic E-state index is 12.1. The summed E-state index contributed by atoms with van der Waals surface area (Å²) in [4.78, 5) is 12.1. The highest BCUT2D eigenvalue weighted by atomic mass is 32.2. The Hall–Kier alpha value is -0.220. The van der Waals surface area contributed by atoms with E-state index in [2.05, 4.69) is 31.4 Å². The summed E-state index contributed by atoms with van der Waals surface area (Å²) in [5, 5.41) is 6.52. The lowest BCUT2D eigenvalue weighted by Gasteiger charge is -2.34. The molecule has 2 N–H and O–H groups in total. The summed E-state index contributed by atoms with van der Waals surface area (Å²) in [6.07, 6.45) is 3.02. The molecule has 1 aliphatic heterocycles. The predicted molar refractivity (Wildman–Crippen MR) is 70.9 cm³/mol. The van der Waals surface area contributed by atoms with Gasteiger partial charge in [0, 0.05) is 23.6 Å². The van der Waals surface area contributed by atoms with Gasteiger partial charge in [-0.05, 0) is 19.3 Å². The van der Waals surface area contributed by atoms with Crippen LogP contribution in [0.3, 0.4) is 0 Å². The van der Waals surface area contributed by atoms with Crippen LogP contribution < -0.4 is 10.6 Å². The number of carbonyl (C=O) groups is 1. The lowest BCUT2D eigenvalue weighted by Crippen LogP contribution is -2.56. The van der Waals surface area contributed by atoms with E-state index in [0.29, 0.717) is 0 Å². The Morgan fingerprint density at radius 3 is 2.44 bits per heavy atom. The fraction of sp³-hybridized carbons (Fsp3) is 0.917. The molecule has 0 aromatic heterocycles. The van der Waals surface area contributed by atoms with E-state index in [1.807, 2.05) is 11.8 Å². The summed E-state index contributed by atoms with van der Waals surface area (Å²) >= 11 is 1.86. The van der Waals surface area contributed by atoms with E-state index in [-0.39, 0.29) is 17.5 Å². The molecule has 1 fully saturated rings. The van der Waals surface area contributed by atoms with Gasteiger partial charge in [0.1, 0.15) is 0 Å². The van der Waals surface area contributed by atoms with Gasteiger partial charge in [0.05, 0.1) is 6.04 Å². The standard InChI is InChI=1S/C12H24N2OS/c1-4-12(5-2,6-3)14-11(15)10-9-16-8-7-13-10/h10,13H,4-9H2,1-3H3,(H,14,15). The second-order valence-corrected chi connectivity index (χ2v) is 5.56. The molecule has 16 heavy (non-hydrogen) atoms. The first-order valence-electron chi connectivity index (χ1n) is 6.30. The van der Waals surface area contributed by atoms with Crippen molar-refractivity contribution in [2.24, 2.45) is 0 Å². The smallest absolute Gasteiger partial charge is 0.238 e. The highest BCUT2D eigenvalue weighted by Gasteiger charge is 2.29. The molecule has 4 heteroatoms. The zero-order chi connectivity index (χ0) is 12.0. The average Bonchev–Trinajstić information content (AvgIpc) is 2.37. The van der Waals surface area contributed by atoms with Crippen molar-refractivity contribution in [3.63, 3.8) is 0 Å². The molecule has 1 aliphatic rings. The van der Waals surface area contributed by atoms with Crippen molar-refractivity contribution in [2.75, 3.05) is 18.1 Å². The van der Waals surface area contributed by atoms with Gasteiger partial charge in [-0.2, -0.15) is 11.8 Å². The van der Waals surface area contributed by atoms with Crippen molar-refractivity contribution >= 4 is 17.7 Å². The van der Waals surface area contributed by atoms with Crippen LogP contribution in [0.25, 0.3) is 0 Å². The van der Waals surface area contributed by atoms with Crippen LogP contribution in [0.1, 0.15) is 40.0 Å². The summed E-state index contributed by atoms with van der Waals surface area (Å²) in [5.74, 6) is 2.20. The van der Waals surface area contributed by atoms with Crippen molar-refractivity contribution in [1.82, 2.24) is 10.6 Å². The van der Waals surface area contributed by atoms with Crippen LogP contribution in [0.2, 0.25) is 0 Å². The molecule has 0 bridgehead atoms. The first-order valence-corrected chi connectivity index (χ1v) is 7.46. The largest absolute Gasteiger partial charge is 0.349 e. The van der Waals surface area contributed by atoms with E-state index < -0.39 is 0 Å². The predicted octanol–water partition coefficient (Wildman–Crippen LogP) is 1.78. The summed E-state index contributed by atoms with van der Waals surface area (Å²) < 4.78 is 0. The molecule has 1 atom stereocenters. The summed E-state index contributed by atoms with van der Waals surface area (Å²) in [7, 11) is 0. The van der Waals surface area contributed by atoms with Crippen LogP contribution in [-0.2, 0) is 4.79 Å². The first kappa shape index (κ1) is 13.8. The highest BCUT2D eigenvalue weighted by molar-refractivity contribution is 7.99. The molecule has 0 spiro atoms. The molecule has 1 unspecified atom stereocenters. The number of hydrogen-bond donors (Lipinski definition) is 2. The molecule has 3 nitrogen and oxygen atoms in total. The SMILES string of the molecule is CCC(CC)(CC)NC(=O)C1CSCCN1. The van der Waals surface area contributed by atoms with Crippen molar-refractivity contribution in [3.8, 4) is 0 Å². The van der Waals surface area contributed by atoms with Crippen molar-refractivity contribution in [2.45, 2.75) is 51.6 Å². The van der Waals surface area contributed by atoms with Gasteiger partial charge in [-0.1, -0.05) is 20.8 Å². The second kappa shape index (κ2) is 6.50. The van der Waals surface area contributed by atoms with Crippen molar-refractivity contribution in [3.05, 3.63) is 0 Å². The molecule has 1 heterocycles. The minimum absolute atomic E-state index is 0.000870. The number of hydrogen-bond acceptors (Lipinski definition) is 3. The van der Waals surface area contributed by atoms with Crippen LogP contribution in [-0.4, -0.2) is 35.5 Å². The van der Waals surface area contributed by atoms with E-state index >= 15 is 0 Å². The van der Waals surface area contributed by atoms with Crippen LogP contribution in [0.5, 0.6) is 0 Å². The number of amides is 1. The van der Waals surface area contributed by atoms with Crippen LogP contribution >= 0.6 is 11.8 Å². The van der Waals surface area contributed by atoms with Gasteiger partial charge in [0.25, 0.3) is 0 Å². The molecule has 1 rings (SSSR count). The van der Waals surface area contributed by atoms with E-state index in [1.54, 1.807) is 0 Å². The summed E-state index contributed by atoms with van der Waals surface area (Å²) in [6.45, 7) is 7.39. The Labute approximate surface area is 103 Å². The summed E-state index contributed by atoms with van der Waals surface area (Å²) in [5.41, 5.74) is 0.000870. The van der Waals surface area contributed by atoms with Gasteiger partial charge < -0.3 is 10.6 Å². The topological polar surface area (TPSA) is 41.1 Å². The van der Waals surface area contributed by atoms with E-state index in [1.165, 1.54) is 0 Å². The maximum Gasteiger partial charge on any atom is 0.238 e. The number of nitrogens with one attached hydrogen (secondary N) is 2. The molecule has 0 saturated carbocycles. The monoisotopic (exact) mass is 244 g/mol. The van der Waals surface area contributed by atoms with Crippen LogP contribution in [0.4, 0.5) is 0 Å². The molecule has 0 aromatic rings. The van der Waals surface area contributed by atoms with Crippen LogP contribution in [0, 0.1) is 0 Å². The van der Waals surface area contributed by atoms with Gasteiger partial charge in [-0.25, -0.2) is 0 Å². The Bertz CT molecular complexity index is 215. The minimum atomic E-state index is 0.000870. The number of rotatable bonds is 5. The van der Waals surface area contributed by atoms with Gasteiger partial charge in [0.15, 0.2) is 0 Å². The van der Waals surface area contributed by atoms with Crippen molar-refractivity contribution in [1.29, 1.82) is 0 Å². The molecule has 0 aromatic carbocycles. The Kier molecular flexibility index (Phi) is 5.62. The normalized spacial score (nSPS) is 21.8. The maximum atomic E-state index is 12.1. The van der Waals surface area contributed by atoms with Gasteiger partial charge in [-0.3, -0.25) is 4.79 Å². The molecule has 1 amide bonds. The molecular weight excluding hydrogens is 220 g/mol. The minimum Gasteiger partial charge on any atom is -0.349 e. The molecule has 94 valence electrons. The Morgan fingerprint density at radius 2 is 2.00 bits per heavy atom. The molecular formula is C12H24N2OS. The van der Waals surface area contributed by atoms with E-state index in [0.717, 1.165) is 37.3 Å². The van der Waals surface area contributed by atoms with Crippen molar-refractivity contribution < 1.29 is 4.79 Å². The van der Waals surface area contributed by atoms with Gasteiger partial charge in [-0.15, -0.1) is 0 Å². The summed E-state index contributed by atoms with van der Waals surface area (Å²) in [6, 6.07) is 0.00257. The second-order valence-electron chi connectivity index (χ2n) is 4.41. The quantitative estimate of drug-likeness (QED) is 0.774. The highest BCUT2D eigenvalue weighted by Crippen LogP contribution is 2.20. The van der Waals surface area contributed by atoms with Crippen LogP contribution in [0.15, 0.2) is 0 Å². The molecule has 0 radical (unpaired) electrons. The average molecular weight is 244 g/mol. The third kappa shape index (κ3) is 3.39. The molecule has 1 saturated heterocycles. The van der Waals surface area contributed by atoms with E-state index in [9.17, 15) is 4.79 Å². The van der Waals surface area contributed by atoms with Gasteiger partial charge >= 0.3 is 0 Å². The van der Waals surface area contributed by atoms with E-state index in [4.69, 9.17) is 0 Å². The lowest BCUT2D eigenvalue weighted by atomic mass is 9.89. The number of carbonyl (C=O) groups excluding carboxylic acids is 1. The Balaban J connectivity index is 2.53. The number of thioether (sulfide) groups is 1. The zero-order valence-electron chi connectivity index (χ0n) is 10.6. The fourth-order valence-electron chi connectivity index (χ4n) is 2.10. The fourth-order valence-corrected chi connectivity index (χ4v) is 3.03. The lowest BCUT2D eigenvalue weighted by molar-refractivity contribution is -0.124. The Morgan fingerprint density at radius 1 is 1.38 bits per heavy atom. The third-order valence-corrected chi connectivity index (χ3v) is 4.72. The zero-order valence-corrected chi connectivity index (χ0v) is 11.5. The van der Waals surface area contributed by atoms with Gasteiger partial charge in [0.2, 0.25) is 5.91 Å². The molecule has 0 aliphatic carbocycles.